The van der Waals surface area contributed by atoms with Gasteiger partial charge in [0.05, 0.1) is 0 Å². The molecule has 0 aromatic carbocycles. The molecule has 0 spiro atoms. The number of thiophene rings is 1. The fraction of sp³-hybridized carbons (Fsp3) is 0.400. The third kappa shape index (κ3) is 3.71. The van der Waals surface area contributed by atoms with Gasteiger partial charge in [0.1, 0.15) is 0 Å². The molecule has 0 bridgehead atoms. The van der Waals surface area contributed by atoms with Crippen LogP contribution in [0.15, 0.2) is 17.5 Å². The molecule has 5 heteroatoms. The smallest absolute Gasteiger partial charge is 0.317 e. The van der Waals surface area contributed by atoms with Crippen LogP contribution in [0.2, 0.25) is 0 Å². The third-order valence-electron chi connectivity index (χ3n) is 2.09. The first-order valence-electron chi connectivity index (χ1n) is 4.59. The molecule has 0 aliphatic rings. The van der Waals surface area contributed by atoms with Gasteiger partial charge in [-0.05, 0) is 30.7 Å². The first kappa shape index (κ1) is 11.7. The van der Waals surface area contributed by atoms with Crippen molar-refractivity contribution in [2.45, 2.75) is 19.3 Å². The summed E-state index contributed by atoms with van der Waals surface area (Å²) in [6.07, 6.45) is 1.51. The highest BCUT2D eigenvalue weighted by atomic mass is 32.1. The Hall–Kier alpha value is -1.36. The first-order chi connectivity index (χ1) is 7.11. The predicted molar refractivity (Wildman–Crippen MR) is 56.0 cm³/mol. The largest absolute Gasteiger partial charge is 0.481 e. The van der Waals surface area contributed by atoms with Crippen LogP contribution >= 0.6 is 11.3 Å². The van der Waals surface area contributed by atoms with E-state index in [1.54, 1.807) is 11.3 Å². The number of aliphatic carboxylic acids is 2. The van der Waals surface area contributed by atoms with Gasteiger partial charge in [-0.15, -0.1) is 11.3 Å². The summed E-state index contributed by atoms with van der Waals surface area (Å²) in [7, 11) is 0. The van der Waals surface area contributed by atoms with Gasteiger partial charge in [0, 0.05) is 4.88 Å². The SMILES string of the molecule is O=C(O)C(CCCc1cccs1)C(=O)O. The fourth-order valence-corrected chi connectivity index (χ4v) is 2.04. The Balaban J connectivity index is 2.35. The summed E-state index contributed by atoms with van der Waals surface area (Å²) in [5.41, 5.74) is 0. The van der Waals surface area contributed by atoms with E-state index < -0.39 is 17.9 Å². The normalized spacial score (nSPS) is 10.5. The summed E-state index contributed by atoms with van der Waals surface area (Å²) in [6, 6.07) is 3.88. The van der Waals surface area contributed by atoms with Gasteiger partial charge in [0.2, 0.25) is 0 Å². The zero-order valence-corrected chi connectivity index (χ0v) is 8.87. The van der Waals surface area contributed by atoms with Crippen LogP contribution in [0.3, 0.4) is 0 Å². The van der Waals surface area contributed by atoms with Crippen LogP contribution in [0.4, 0.5) is 0 Å². The van der Waals surface area contributed by atoms with Crippen molar-refractivity contribution >= 4 is 23.3 Å². The van der Waals surface area contributed by atoms with Gasteiger partial charge in [-0.3, -0.25) is 9.59 Å². The molecule has 0 aliphatic carbocycles. The Bertz CT molecular complexity index is 317. The lowest BCUT2D eigenvalue weighted by atomic mass is 10.0. The highest BCUT2D eigenvalue weighted by molar-refractivity contribution is 7.09. The molecule has 0 unspecified atom stereocenters. The lowest BCUT2D eigenvalue weighted by molar-refractivity contribution is -0.154. The molecule has 0 atom stereocenters. The second-order valence-electron chi connectivity index (χ2n) is 3.20. The van der Waals surface area contributed by atoms with E-state index in [0.29, 0.717) is 6.42 Å². The average Bonchev–Trinajstić information content (AvgIpc) is 2.63. The Morgan fingerprint density at radius 3 is 2.47 bits per heavy atom. The minimum absolute atomic E-state index is 0.183. The fourth-order valence-electron chi connectivity index (χ4n) is 1.29. The summed E-state index contributed by atoms with van der Waals surface area (Å²) >= 11 is 1.60. The maximum Gasteiger partial charge on any atom is 0.317 e. The maximum absolute atomic E-state index is 10.6. The van der Waals surface area contributed by atoms with Gasteiger partial charge >= 0.3 is 11.9 Å². The molecule has 0 saturated heterocycles. The molecule has 0 aliphatic heterocycles. The van der Waals surface area contributed by atoms with E-state index in [2.05, 4.69) is 0 Å². The molecule has 1 aromatic heterocycles. The van der Waals surface area contributed by atoms with E-state index in [1.807, 2.05) is 17.5 Å². The number of carboxylic acids is 2. The zero-order chi connectivity index (χ0) is 11.3. The molecule has 2 N–H and O–H groups in total. The van der Waals surface area contributed by atoms with Crippen molar-refractivity contribution in [2.75, 3.05) is 0 Å². The van der Waals surface area contributed by atoms with Gasteiger partial charge in [0.25, 0.3) is 0 Å². The molecule has 1 rings (SSSR count). The summed E-state index contributed by atoms with van der Waals surface area (Å²) in [5.74, 6) is -3.78. The third-order valence-corrected chi connectivity index (χ3v) is 3.03. The number of hydrogen-bond donors (Lipinski definition) is 2. The van der Waals surface area contributed by atoms with Gasteiger partial charge in [-0.25, -0.2) is 0 Å². The van der Waals surface area contributed by atoms with E-state index in [0.717, 1.165) is 11.3 Å². The second-order valence-corrected chi connectivity index (χ2v) is 4.23. The number of carbonyl (C=O) groups is 2. The van der Waals surface area contributed by atoms with Crippen LogP contribution in [-0.4, -0.2) is 22.2 Å². The van der Waals surface area contributed by atoms with E-state index >= 15 is 0 Å². The molecule has 0 fully saturated rings. The summed E-state index contributed by atoms with van der Waals surface area (Å²) in [5, 5.41) is 19.2. The summed E-state index contributed by atoms with van der Waals surface area (Å²) in [4.78, 5) is 22.3. The highest BCUT2D eigenvalue weighted by Gasteiger charge is 2.24. The van der Waals surface area contributed by atoms with Crippen molar-refractivity contribution in [1.82, 2.24) is 0 Å². The van der Waals surface area contributed by atoms with E-state index in [-0.39, 0.29) is 6.42 Å². The molecule has 0 amide bonds. The highest BCUT2D eigenvalue weighted by Crippen LogP contribution is 2.15. The van der Waals surface area contributed by atoms with Crippen LogP contribution in [0, 0.1) is 5.92 Å². The van der Waals surface area contributed by atoms with Crippen molar-refractivity contribution in [3.63, 3.8) is 0 Å². The Morgan fingerprint density at radius 1 is 1.33 bits per heavy atom. The zero-order valence-electron chi connectivity index (χ0n) is 8.05. The monoisotopic (exact) mass is 228 g/mol. The number of aryl methyl sites for hydroxylation is 1. The van der Waals surface area contributed by atoms with E-state index in [4.69, 9.17) is 10.2 Å². The number of rotatable bonds is 6. The Labute approximate surface area is 91.2 Å². The molecule has 1 aromatic rings. The van der Waals surface area contributed by atoms with Gasteiger partial charge in [0.15, 0.2) is 5.92 Å². The standard InChI is InChI=1S/C10H12O4S/c11-9(12)8(10(13)14)5-1-3-7-4-2-6-15-7/h2,4,6,8H,1,3,5H2,(H,11,12)(H,13,14). The topological polar surface area (TPSA) is 74.6 Å². The molecule has 82 valence electrons. The lowest BCUT2D eigenvalue weighted by Gasteiger charge is -2.05. The number of carboxylic acid groups (broad SMARTS) is 2. The van der Waals surface area contributed by atoms with Gasteiger partial charge < -0.3 is 10.2 Å². The molecule has 1 heterocycles. The van der Waals surface area contributed by atoms with Gasteiger partial charge in [-0.2, -0.15) is 0 Å². The minimum Gasteiger partial charge on any atom is -0.481 e. The van der Waals surface area contributed by atoms with Gasteiger partial charge in [-0.1, -0.05) is 6.07 Å². The summed E-state index contributed by atoms with van der Waals surface area (Å²) in [6.45, 7) is 0. The van der Waals surface area contributed by atoms with Crippen molar-refractivity contribution in [3.8, 4) is 0 Å². The van der Waals surface area contributed by atoms with Crippen molar-refractivity contribution < 1.29 is 19.8 Å². The average molecular weight is 228 g/mol. The van der Waals surface area contributed by atoms with E-state index in [9.17, 15) is 9.59 Å². The molecule has 0 radical (unpaired) electrons. The Morgan fingerprint density at radius 2 is 2.00 bits per heavy atom. The van der Waals surface area contributed by atoms with Crippen LogP contribution in [0.1, 0.15) is 17.7 Å². The van der Waals surface area contributed by atoms with Crippen LogP contribution in [0.25, 0.3) is 0 Å². The second kappa shape index (κ2) is 5.50. The van der Waals surface area contributed by atoms with E-state index in [1.165, 1.54) is 0 Å². The van der Waals surface area contributed by atoms with Crippen molar-refractivity contribution in [1.29, 1.82) is 0 Å². The summed E-state index contributed by atoms with van der Waals surface area (Å²) < 4.78 is 0. The van der Waals surface area contributed by atoms with Crippen molar-refractivity contribution in [2.24, 2.45) is 5.92 Å². The lowest BCUT2D eigenvalue weighted by Crippen LogP contribution is -2.23. The van der Waals surface area contributed by atoms with Crippen LogP contribution in [-0.2, 0) is 16.0 Å². The molecular formula is C10H12O4S. The maximum atomic E-state index is 10.6. The molecular weight excluding hydrogens is 216 g/mol. The Kier molecular flexibility index (Phi) is 4.30. The van der Waals surface area contributed by atoms with Crippen LogP contribution in [0.5, 0.6) is 0 Å². The predicted octanol–water partition coefficient (Wildman–Crippen LogP) is 1.86. The minimum atomic E-state index is -1.27. The molecule has 4 nitrogen and oxygen atoms in total. The van der Waals surface area contributed by atoms with Crippen molar-refractivity contribution in [3.05, 3.63) is 22.4 Å². The molecule has 15 heavy (non-hydrogen) atoms. The quantitative estimate of drug-likeness (QED) is 0.729. The number of hydrogen-bond acceptors (Lipinski definition) is 3. The first-order valence-corrected chi connectivity index (χ1v) is 5.47. The van der Waals surface area contributed by atoms with Crippen LogP contribution < -0.4 is 0 Å². The molecule has 0 saturated carbocycles.